The lowest BCUT2D eigenvalue weighted by Crippen LogP contribution is -2.45. The molecule has 1 aliphatic carbocycles. The average Bonchev–Trinajstić information content (AvgIpc) is 2.33. The van der Waals surface area contributed by atoms with Gasteiger partial charge in [-0.15, -0.1) is 0 Å². The van der Waals surface area contributed by atoms with Crippen LogP contribution < -0.4 is 5.73 Å². The highest BCUT2D eigenvalue weighted by molar-refractivity contribution is 4.87. The zero-order valence-electron chi connectivity index (χ0n) is 12.4. The molecule has 0 saturated heterocycles. The van der Waals surface area contributed by atoms with Gasteiger partial charge in [0.15, 0.2) is 0 Å². The summed E-state index contributed by atoms with van der Waals surface area (Å²) in [5.74, 6) is 1.45. The smallest absolute Gasteiger partial charge is 0.0807 e. The summed E-state index contributed by atoms with van der Waals surface area (Å²) in [6.07, 6.45) is 5.90. The molecule has 108 valence electrons. The topological polar surface area (TPSA) is 44.5 Å². The molecular weight excluding hydrogens is 226 g/mol. The average molecular weight is 257 g/mol. The quantitative estimate of drug-likeness (QED) is 0.680. The summed E-state index contributed by atoms with van der Waals surface area (Å²) < 4.78 is 11.6. The van der Waals surface area contributed by atoms with E-state index >= 15 is 0 Å². The number of nitrogens with two attached hydrogens (primary N) is 1. The highest BCUT2D eigenvalue weighted by Crippen LogP contribution is 2.34. The zero-order valence-corrected chi connectivity index (χ0v) is 12.4. The van der Waals surface area contributed by atoms with Gasteiger partial charge in [0.2, 0.25) is 0 Å². The van der Waals surface area contributed by atoms with Crippen molar-refractivity contribution in [2.24, 2.45) is 17.6 Å². The van der Waals surface area contributed by atoms with Gasteiger partial charge in [-0.05, 0) is 31.1 Å². The molecule has 1 saturated carbocycles. The van der Waals surface area contributed by atoms with Crippen LogP contribution in [0.3, 0.4) is 0 Å². The fourth-order valence-corrected chi connectivity index (χ4v) is 2.73. The molecule has 3 nitrogen and oxygen atoms in total. The van der Waals surface area contributed by atoms with E-state index in [9.17, 15) is 0 Å². The van der Waals surface area contributed by atoms with Crippen LogP contribution in [0, 0.1) is 11.8 Å². The van der Waals surface area contributed by atoms with Crippen LogP contribution in [0.1, 0.15) is 52.9 Å². The predicted molar refractivity (Wildman–Crippen MR) is 75.6 cm³/mol. The summed E-state index contributed by atoms with van der Waals surface area (Å²) in [5.41, 5.74) is 5.84. The van der Waals surface area contributed by atoms with Gasteiger partial charge in [0, 0.05) is 13.2 Å². The normalized spacial score (nSPS) is 28.8. The molecule has 2 unspecified atom stereocenters. The minimum absolute atomic E-state index is 0.0704. The van der Waals surface area contributed by atoms with Gasteiger partial charge in [0.1, 0.15) is 0 Å². The minimum Gasteiger partial charge on any atom is -0.379 e. The molecule has 1 rings (SSSR count). The van der Waals surface area contributed by atoms with Gasteiger partial charge in [-0.3, -0.25) is 0 Å². The maximum Gasteiger partial charge on any atom is 0.0807 e. The van der Waals surface area contributed by atoms with E-state index in [1.807, 2.05) is 0 Å². The second-order valence-electron chi connectivity index (χ2n) is 6.23. The molecule has 0 aromatic rings. The van der Waals surface area contributed by atoms with Gasteiger partial charge in [-0.2, -0.15) is 0 Å². The first-order valence-corrected chi connectivity index (χ1v) is 7.50. The van der Waals surface area contributed by atoms with Crippen molar-refractivity contribution in [2.45, 2.75) is 58.5 Å². The van der Waals surface area contributed by atoms with E-state index in [0.717, 1.165) is 31.8 Å². The maximum atomic E-state index is 6.05. The number of ether oxygens (including phenoxy) is 2. The van der Waals surface area contributed by atoms with Crippen LogP contribution in [0.25, 0.3) is 0 Å². The third-order valence-electron chi connectivity index (χ3n) is 3.90. The van der Waals surface area contributed by atoms with Gasteiger partial charge >= 0.3 is 0 Å². The molecule has 0 aromatic heterocycles. The lowest BCUT2D eigenvalue weighted by atomic mass is 9.79. The molecule has 1 fully saturated rings. The molecule has 2 N–H and O–H groups in total. The van der Waals surface area contributed by atoms with Crippen molar-refractivity contribution < 1.29 is 9.47 Å². The van der Waals surface area contributed by atoms with Crippen molar-refractivity contribution in [3.8, 4) is 0 Å². The molecule has 0 radical (unpaired) electrons. The third-order valence-corrected chi connectivity index (χ3v) is 3.90. The van der Waals surface area contributed by atoms with Crippen molar-refractivity contribution >= 4 is 0 Å². The molecule has 0 spiro atoms. The predicted octanol–water partition coefficient (Wildman–Crippen LogP) is 2.97. The van der Waals surface area contributed by atoms with Gasteiger partial charge in [0.25, 0.3) is 0 Å². The third kappa shape index (κ3) is 5.68. The summed E-state index contributed by atoms with van der Waals surface area (Å²) in [5, 5.41) is 0. The highest BCUT2D eigenvalue weighted by atomic mass is 16.5. The minimum atomic E-state index is -0.0704. The van der Waals surface area contributed by atoms with E-state index in [1.54, 1.807) is 0 Å². The van der Waals surface area contributed by atoms with Crippen molar-refractivity contribution in [2.75, 3.05) is 26.4 Å². The molecule has 0 heterocycles. The van der Waals surface area contributed by atoms with Crippen molar-refractivity contribution in [3.05, 3.63) is 0 Å². The summed E-state index contributed by atoms with van der Waals surface area (Å²) in [6.45, 7) is 9.59. The van der Waals surface area contributed by atoms with Crippen LogP contribution in [0.15, 0.2) is 0 Å². The summed E-state index contributed by atoms with van der Waals surface area (Å²) in [6, 6.07) is 0. The van der Waals surface area contributed by atoms with Crippen LogP contribution in [0.5, 0.6) is 0 Å². The second-order valence-corrected chi connectivity index (χ2v) is 6.23. The molecule has 0 bridgehead atoms. The monoisotopic (exact) mass is 257 g/mol. The Hall–Kier alpha value is -0.120. The van der Waals surface area contributed by atoms with Crippen LogP contribution >= 0.6 is 0 Å². The Bertz CT molecular complexity index is 221. The van der Waals surface area contributed by atoms with Crippen molar-refractivity contribution in [1.82, 2.24) is 0 Å². The first kappa shape index (κ1) is 15.9. The van der Waals surface area contributed by atoms with Crippen molar-refractivity contribution in [1.29, 1.82) is 0 Å². The fourth-order valence-electron chi connectivity index (χ4n) is 2.73. The Morgan fingerprint density at radius 3 is 2.67 bits per heavy atom. The zero-order chi connectivity index (χ0) is 13.4. The number of rotatable bonds is 8. The van der Waals surface area contributed by atoms with E-state index in [1.165, 1.54) is 12.8 Å². The molecule has 3 heteroatoms. The van der Waals surface area contributed by atoms with Crippen LogP contribution in [0.2, 0.25) is 0 Å². The molecule has 2 atom stereocenters. The number of hydrogen-bond acceptors (Lipinski definition) is 3. The molecule has 18 heavy (non-hydrogen) atoms. The van der Waals surface area contributed by atoms with E-state index in [4.69, 9.17) is 15.2 Å². The van der Waals surface area contributed by atoms with E-state index < -0.39 is 0 Å². The second kappa shape index (κ2) is 8.13. The fraction of sp³-hybridized carbons (Fsp3) is 1.00. The Morgan fingerprint density at radius 1 is 1.28 bits per heavy atom. The lowest BCUT2D eigenvalue weighted by Gasteiger charge is -2.39. The van der Waals surface area contributed by atoms with E-state index in [2.05, 4.69) is 20.8 Å². The lowest BCUT2D eigenvalue weighted by molar-refractivity contribution is -0.0912. The van der Waals surface area contributed by atoms with Gasteiger partial charge in [0.05, 0.1) is 18.8 Å². The number of hydrogen-bond donors (Lipinski definition) is 1. The Kier molecular flexibility index (Phi) is 7.20. The van der Waals surface area contributed by atoms with Gasteiger partial charge < -0.3 is 15.2 Å². The maximum absolute atomic E-state index is 6.05. The SMILES string of the molecule is CC(C)CCOCCOC1(CN)CCCC(C)C1. The van der Waals surface area contributed by atoms with Gasteiger partial charge in [-0.1, -0.05) is 33.6 Å². The highest BCUT2D eigenvalue weighted by Gasteiger charge is 2.34. The summed E-state index contributed by atoms with van der Waals surface area (Å²) in [7, 11) is 0. The van der Waals surface area contributed by atoms with Crippen LogP contribution in [0.4, 0.5) is 0 Å². The van der Waals surface area contributed by atoms with E-state index in [-0.39, 0.29) is 5.60 Å². The molecule has 1 aliphatic rings. The Labute approximate surface area is 112 Å². The van der Waals surface area contributed by atoms with Crippen LogP contribution in [-0.2, 0) is 9.47 Å². The van der Waals surface area contributed by atoms with Gasteiger partial charge in [-0.25, -0.2) is 0 Å². The van der Waals surface area contributed by atoms with Crippen molar-refractivity contribution in [3.63, 3.8) is 0 Å². The summed E-state index contributed by atoms with van der Waals surface area (Å²) in [4.78, 5) is 0. The summed E-state index contributed by atoms with van der Waals surface area (Å²) >= 11 is 0. The van der Waals surface area contributed by atoms with E-state index in [0.29, 0.717) is 25.7 Å². The Balaban J connectivity index is 2.15. The Morgan fingerprint density at radius 2 is 2.06 bits per heavy atom. The van der Waals surface area contributed by atoms with Crippen LogP contribution in [-0.4, -0.2) is 32.0 Å². The standard InChI is InChI=1S/C15H31NO2/c1-13(2)6-8-17-9-10-18-15(12-16)7-4-5-14(3)11-15/h13-14H,4-12,16H2,1-3H3. The molecule has 0 amide bonds. The first-order chi connectivity index (χ1) is 8.58. The molecular formula is C15H31NO2. The molecule has 0 aliphatic heterocycles. The molecule has 0 aromatic carbocycles. The first-order valence-electron chi connectivity index (χ1n) is 7.50. The largest absolute Gasteiger partial charge is 0.379 e.